The summed E-state index contributed by atoms with van der Waals surface area (Å²) in [6.45, 7) is 1.95. The molecule has 6 heteroatoms. The molecule has 1 aromatic carbocycles. The first-order chi connectivity index (χ1) is 13.0. The number of anilines is 1. The van der Waals surface area contributed by atoms with Crippen LogP contribution >= 0.6 is 11.3 Å². The van der Waals surface area contributed by atoms with E-state index in [4.69, 9.17) is 4.74 Å². The lowest BCUT2D eigenvalue weighted by molar-refractivity contribution is -0.147. The molecule has 0 spiro atoms. The van der Waals surface area contributed by atoms with E-state index in [1.165, 1.54) is 22.5 Å². The van der Waals surface area contributed by atoms with Crippen molar-refractivity contribution in [2.75, 3.05) is 18.1 Å². The lowest BCUT2D eigenvalue weighted by atomic mass is 10.1. The van der Waals surface area contributed by atoms with Crippen LogP contribution in [0.2, 0.25) is 0 Å². The molecule has 0 N–H and O–H groups in total. The van der Waals surface area contributed by atoms with Gasteiger partial charge in [0, 0.05) is 23.5 Å². The number of nitrogens with zero attached hydrogens (tertiary/aromatic N) is 1. The summed E-state index contributed by atoms with van der Waals surface area (Å²) in [5.41, 5.74) is 3.49. The molecule has 1 saturated heterocycles. The van der Waals surface area contributed by atoms with Crippen molar-refractivity contribution in [3.8, 4) is 0 Å². The van der Waals surface area contributed by atoms with Crippen LogP contribution in [0.5, 0.6) is 0 Å². The number of ether oxygens (including phenoxy) is 1. The number of hydrogen-bond acceptors (Lipinski definition) is 5. The summed E-state index contributed by atoms with van der Waals surface area (Å²) < 4.78 is 5.20. The fourth-order valence-corrected chi connectivity index (χ4v) is 4.54. The van der Waals surface area contributed by atoms with E-state index in [1.54, 1.807) is 11.0 Å². The summed E-state index contributed by atoms with van der Waals surface area (Å²) in [5, 5.41) is 0. The molecule has 4 rings (SSSR count). The zero-order valence-electron chi connectivity index (χ0n) is 15.2. The molecule has 1 fully saturated rings. The van der Waals surface area contributed by atoms with Gasteiger partial charge in [-0.25, -0.2) is 0 Å². The average Bonchev–Trinajstić information content (AvgIpc) is 3.38. The fraction of sp³-hybridized carbons (Fsp3) is 0.381. The number of carbonyl (C=O) groups excluding carboxylic acids is 3. The molecule has 0 bridgehead atoms. The predicted octanol–water partition coefficient (Wildman–Crippen LogP) is 3.32. The van der Waals surface area contributed by atoms with E-state index >= 15 is 0 Å². The van der Waals surface area contributed by atoms with Gasteiger partial charge in [0.2, 0.25) is 11.7 Å². The van der Waals surface area contributed by atoms with Crippen molar-refractivity contribution < 1.29 is 19.1 Å². The Balaban J connectivity index is 1.37. The Morgan fingerprint density at radius 2 is 2.00 bits per heavy atom. The summed E-state index contributed by atoms with van der Waals surface area (Å²) in [6, 6.07) is 9.71. The molecular formula is C21H21NO4S. The maximum Gasteiger partial charge on any atom is 0.311 e. The van der Waals surface area contributed by atoms with Crippen LogP contribution < -0.4 is 4.90 Å². The molecule has 1 aromatic heterocycles. The zero-order chi connectivity index (χ0) is 19.0. The van der Waals surface area contributed by atoms with Gasteiger partial charge in [0.25, 0.3) is 0 Å². The monoisotopic (exact) mass is 383 g/mol. The highest BCUT2D eigenvalue weighted by molar-refractivity contribution is 7.14. The van der Waals surface area contributed by atoms with Gasteiger partial charge in [0.1, 0.15) is 0 Å². The molecule has 1 unspecified atom stereocenters. The summed E-state index contributed by atoms with van der Waals surface area (Å²) in [5.74, 6) is -1.28. The third-order valence-electron chi connectivity index (χ3n) is 5.21. The number of rotatable bonds is 5. The van der Waals surface area contributed by atoms with Crippen molar-refractivity contribution in [2.24, 2.45) is 5.92 Å². The molecule has 1 aliphatic heterocycles. The maximum absolute atomic E-state index is 12.4. The van der Waals surface area contributed by atoms with Crippen LogP contribution in [-0.4, -0.2) is 30.8 Å². The van der Waals surface area contributed by atoms with Gasteiger partial charge in [-0.05, 0) is 61.6 Å². The van der Waals surface area contributed by atoms with Crippen molar-refractivity contribution in [1.29, 1.82) is 0 Å². The van der Waals surface area contributed by atoms with E-state index in [1.807, 2.05) is 19.1 Å². The molecule has 0 saturated carbocycles. The highest BCUT2D eigenvalue weighted by Gasteiger charge is 2.36. The third kappa shape index (κ3) is 3.67. The maximum atomic E-state index is 12.4. The summed E-state index contributed by atoms with van der Waals surface area (Å²) in [6.07, 6.45) is 3.42. The van der Waals surface area contributed by atoms with Crippen molar-refractivity contribution in [3.05, 3.63) is 51.2 Å². The minimum absolute atomic E-state index is 0.0740. The van der Waals surface area contributed by atoms with Crippen molar-refractivity contribution >= 4 is 34.7 Å². The normalized spacial score (nSPS) is 18.6. The van der Waals surface area contributed by atoms with Crippen LogP contribution in [-0.2, 0) is 27.2 Å². The molecule has 27 heavy (non-hydrogen) atoms. The Morgan fingerprint density at radius 3 is 2.78 bits per heavy atom. The van der Waals surface area contributed by atoms with Crippen LogP contribution in [0, 0.1) is 12.8 Å². The topological polar surface area (TPSA) is 63.7 Å². The Kier molecular flexibility index (Phi) is 4.83. The quantitative estimate of drug-likeness (QED) is 0.587. The first-order valence-corrected chi connectivity index (χ1v) is 10.0. The molecular weight excluding hydrogens is 362 g/mol. The molecule has 1 amide bonds. The molecule has 2 heterocycles. The van der Waals surface area contributed by atoms with Crippen LogP contribution in [0.15, 0.2) is 30.3 Å². The minimum Gasteiger partial charge on any atom is -0.457 e. The van der Waals surface area contributed by atoms with Crippen molar-refractivity contribution in [2.45, 2.75) is 32.6 Å². The molecule has 5 nitrogen and oxygen atoms in total. The number of amides is 1. The van der Waals surface area contributed by atoms with E-state index in [2.05, 4.69) is 12.1 Å². The molecule has 2 aliphatic rings. The average molecular weight is 383 g/mol. The van der Waals surface area contributed by atoms with E-state index in [9.17, 15) is 14.4 Å². The Hall–Kier alpha value is -2.47. The first-order valence-electron chi connectivity index (χ1n) is 9.19. The SMILES string of the molecule is Cc1ccc(C(=O)COC(=O)C2CC(=O)N(c3ccc4c(c3)CCC4)C2)s1. The summed E-state index contributed by atoms with van der Waals surface area (Å²) >= 11 is 1.38. The predicted molar refractivity (Wildman–Crippen MR) is 103 cm³/mol. The Morgan fingerprint density at radius 1 is 1.19 bits per heavy atom. The Labute approximate surface area is 161 Å². The van der Waals surface area contributed by atoms with E-state index < -0.39 is 11.9 Å². The number of thiophene rings is 1. The van der Waals surface area contributed by atoms with Gasteiger partial charge in [0.05, 0.1) is 10.8 Å². The molecule has 1 aliphatic carbocycles. The lowest BCUT2D eigenvalue weighted by Crippen LogP contribution is -2.27. The van der Waals surface area contributed by atoms with Crippen molar-refractivity contribution in [1.82, 2.24) is 0 Å². The van der Waals surface area contributed by atoms with Gasteiger partial charge < -0.3 is 9.64 Å². The van der Waals surface area contributed by atoms with Gasteiger partial charge in [-0.3, -0.25) is 14.4 Å². The number of hydrogen-bond donors (Lipinski definition) is 0. The molecule has 1 atom stereocenters. The van der Waals surface area contributed by atoms with Gasteiger partial charge in [-0.1, -0.05) is 6.07 Å². The molecule has 140 valence electrons. The van der Waals surface area contributed by atoms with Crippen LogP contribution in [0.4, 0.5) is 5.69 Å². The second-order valence-electron chi connectivity index (χ2n) is 7.15. The number of Topliss-reactive ketones (excluding diaryl/α,β-unsaturated/α-hetero) is 1. The number of fused-ring (bicyclic) bond motifs is 1. The fourth-order valence-electron chi connectivity index (χ4n) is 3.75. The highest BCUT2D eigenvalue weighted by atomic mass is 32.1. The Bertz CT molecular complexity index is 917. The standard InChI is InChI=1S/C21H21NO4S/c1-13-5-8-19(27-13)18(23)12-26-21(25)16-10-20(24)22(11-16)17-7-6-14-3-2-4-15(14)9-17/h5-9,16H,2-4,10-12H2,1H3. The second-order valence-corrected chi connectivity index (χ2v) is 8.44. The van der Waals surface area contributed by atoms with Crippen LogP contribution in [0.3, 0.4) is 0 Å². The van der Waals surface area contributed by atoms with Crippen molar-refractivity contribution in [3.63, 3.8) is 0 Å². The first kappa shape index (κ1) is 17.9. The second kappa shape index (κ2) is 7.27. The van der Waals surface area contributed by atoms with E-state index in [0.717, 1.165) is 29.8 Å². The highest BCUT2D eigenvalue weighted by Crippen LogP contribution is 2.31. The lowest BCUT2D eigenvalue weighted by Gasteiger charge is -2.17. The summed E-state index contributed by atoms with van der Waals surface area (Å²) in [7, 11) is 0. The molecule has 0 radical (unpaired) electrons. The number of esters is 1. The molecule has 2 aromatic rings. The zero-order valence-corrected chi connectivity index (χ0v) is 16.0. The van der Waals surface area contributed by atoms with Gasteiger partial charge >= 0.3 is 5.97 Å². The number of aryl methyl sites for hydroxylation is 3. The van der Waals surface area contributed by atoms with Crippen LogP contribution in [0.1, 0.15) is 38.5 Å². The van der Waals surface area contributed by atoms with Gasteiger partial charge in [-0.2, -0.15) is 0 Å². The largest absolute Gasteiger partial charge is 0.457 e. The number of carbonyl (C=O) groups is 3. The minimum atomic E-state index is -0.524. The number of ketones is 1. The van der Waals surface area contributed by atoms with E-state index in [0.29, 0.717) is 11.4 Å². The van der Waals surface area contributed by atoms with Gasteiger partial charge in [-0.15, -0.1) is 11.3 Å². The van der Waals surface area contributed by atoms with Gasteiger partial charge in [0.15, 0.2) is 6.61 Å². The van der Waals surface area contributed by atoms with Crippen LogP contribution in [0.25, 0.3) is 0 Å². The van der Waals surface area contributed by atoms with E-state index in [-0.39, 0.29) is 24.7 Å². The smallest absolute Gasteiger partial charge is 0.311 e. The summed E-state index contributed by atoms with van der Waals surface area (Å²) in [4.78, 5) is 40.1. The third-order valence-corrected chi connectivity index (χ3v) is 6.25. The number of benzene rings is 1.